The van der Waals surface area contributed by atoms with Crippen molar-refractivity contribution in [2.75, 3.05) is 47.1 Å². The Bertz CT molecular complexity index is 804. The topological polar surface area (TPSA) is 40.2 Å². The summed E-state index contributed by atoms with van der Waals surface area (Å²) in [5, 5.41) is 0. The standard InChI is InChI=1S/C25H33NO4/c1-27-23-11-10-20(16-24(23)28-2)25(12-6-7-13-25)19-26-14-15-29-22(17-26)18-30-21-8-4-3-5-9-21/h3-5,8-11,16,22H,6-7,12-15,17-19H2,1-2H3. The predicted octanol–water partition coefficient (Wildman–Crippen LogP) is 4.30. The van der Waals surface area contributed by atoms with Crippen LogP contribution in [0.2, 0.25) is 0 Å². The SMILES string of the molecule is COc1ccc(C2(CN3CCOC(COc4ccccc4)C3)CCCC2)cc1OC. The molecule has 1 saturated carbocycles. The summed E-state index contributed by atoms with van der Waals surface area (Å²) in [6.07, 6.45) is 5.08. The third-order valence-corrected chi connectivity index (χ3v) is 6.48. The van der Waals surface area contributed by atoms with Gasteiger partial charge in [0, 0.05) is 25.0 Å². The van der Waals surface area contributed by atoms with Gasteiger partial charge in [0.2, 0.25) is 0 Å². The van der Waals surface area contributed by atoms with Crippen LogP contribution in [0.15, 0.2) is 48.5 Å². The van der Waals surface area contributed by atoms with Gasteiger partial charge >= 0.3 is 0 Å². The van der Waals surface area contributed by atoms with Crippen molar-refractivity contribution in [1.29, 1.82) is 0 Å². The first-order chi connectivity index (χ1) is 14.7. The largest absolute Gasteiger partial charge is 0.493 e. The van der Waals surface area contributed by atoms with Gasteiger partial charge in [0.25, 0.3) is 0 Å². The van der Waals surface area contributed by atoms with Crippen LogP contribution in [0.5, 0.6) is 17.2 Å². The molecule has 0 spiro atoms. The number of hydrogen-bond acceptors (Lipinski definition) is 5. The van der Waals surface area contributed by atoms with Crippen molar-refractivity contribution in [2.45, 2.75) is 37.2 Å². The highest BCUT2D eigenvalue weighted by atomic mass is 16.5. The average Bonchev–Trinajstić information content (AvgIpc) is 3.27. The van der Waals surface area contributed by atoms with Crippen molar-refractivity contribution < 1.29 is 18.9 Å². The molecular weight excluding hydrogens is 378 g/mol. The predicted molar refractivity (Wildman–Crippen MR) is 118 cm³/mol. The molecule has 162 valence electrons. The highest BCUT2D eigenvalue weighted by Gasteiger charge is 2.39. The van der Waals surface area contributed by atoms with E-state index in [-0.39, 0.29) is 11.5 Å². The highest BCUT2D eigenvalue weighted by molar-refractivity contribution is 5.45. The van der Waals surface area contributed by atoms with Crippen molar-refractivity contribution in [3.05, 3.63) is 54.1 Å². The van der Waals surface area contributed by atoms with E-state index in [2.05, 4.69) is 17.0 Å². The molecule has 2 aromatic carbocycles. The van der Waals surface area contributed by atoms with Gasteiger partial charge in [-0.25, -0.2) is 0 Å². The Morgan fingerprint density at radius 3 is 2.50 bits per heavy atom. The van der Waals surface area contributed by atoms with Crippen LogP contribution < -0.4 is 14.2 Å². The number of nitrogens with zero attached hydrogens (tertiary/aromatic N) is 1. The number of benzene rings is 2. The van der Waals surface area contributed by atoms with E-state index in [4.69, 9.17) is 18.9 Å². The maximum Gasteiger partial charge on any atom is 0.161 e. The molecule has 5 heteroatoms. The smallest absolute Gasteiger partial charge is 0.161 e. The van der Waals surface area contributed by atoms with Crippen LogP contribution in [0, 0.1) is 0 Å². The van der Waals surface area contributed by atoms with Crippen LogP contribution in [0.25, 0.3) is 0 Å². The Balaban J connectivity index is 1.44. The minimum absolute atomic E-state index is 0.0998. The zero-order valence-electron chi connectivity index (χ0n) is 18.1. The lowest BCUT2D eigenvalue weighted by atomic mass is 9.78. The number of rotatable bonds is 8. The molecular formula is C25H33NO4. The van der Waals surface area contributed by atoms with Gasteiger partial charge in [0.05, 0.1) is 20.8 Å². The Hall–Kier alpha value is -2.24. The lowest BCUT2D eigenvalue weighted by Gasteiger charge is -2.40. The first-order valence-electron chi connectivity index (χ1n) is 11.0. The van der Waals surface area contributed by atoms with Crippen molar-refractivity contribution in [1.82, 2.24) is 4.90 Å². The van der Waals surface area contributed by atoms with E-state index in [0.29, 0.717) is 6.61 Å². The first kappa shape index (κ1) is 21.0. The van der Waals surface area contributed by atoms with Crippen molar-refractivity contribution >= 4 is 0 Å². The summed E-state index contributed by atoms with van der Waals surface area (Å²) in [5.41, 5.74) is 1.53. The molecule has 5 nitrogen and oxygen atoms in total. The molecule has 0 N–H and O–H groups in total. The molecule has 2 aromatic rings. The maximum absolute atomic E-state index is 6.00. The molecule has 0 radical (unpaired) electrons. The van der Waals surface area contributed by atoms with Crippen LogP contribution >= 0.6 is 0 Å². The fourth-order valence-electron chi connectivity index (χ4n) is 4.91. The lowest BCUT2D eigenvalue weighted by molar-refractivity contribution is -0.0533. The second kappa shape index (κ2) is 9.71. The molecule has 1 atom stereocenters. The summed E-state index contributed by atoms with van der Waals surface area (Å²) in [7, 11) is 3.40. The highest BCUT2D eigenvalue weighted by Crippen LogP contribution is 2.44. The maximum atomic E-state index is 6.00. The molecule has 1 aliphatic carbocycles. The Morgan fingerprint density at radius 2 is 1.77 bits per heavy atom. The Morgan fingerprint density at radius 1 is 1.00 bits per heavy atom. The summed E-state index contributed by atoms with van der Waals surface area (Å²) in [6, 6.07) is 16.4. The van der Waals surface area contributed by atoms with E-state index < -0.39 is 0 Å². The van der Waals surface area contributed by atoms with Crippen LogP contribution in [-0.4, -0.2) is 58.1 Å². The number of methoxy groups -OCH3 is 2. The zero-order valence-corrected chi connectivity index (χ0v) is 18.1. The van der Waals surface area contributed by atoms with Gasteiger partial charge in [-0.05, 0) is 42.7 Å². The van der Waals surface area contributed by atoms with Crippen molar-refractivity contribution in [3.63, 3.8) is 0 Å². The fourth-order valence-corrected chi connectivity index (χ4v) is 4.91. The van der Waals surface area contributed by atoms with Crippen molar-refractivity contribution in [2.24, 2.45) is 0 Å². The summed E-state index contributed by atoms with van der Waals surface area (Å²) >= 11 is 0. The molecule has 2 aliphatic rings. The van der Waals surface area contributed by atoms with Gasteiger partial charge in [-0.15, -0.1) is 0 Å². The molecule has 0 bridgehead atoms. The number of hydrogen-bond donors (Lipinski definition) is 0. The molecule has 1 unspecified atom stereocenters. The van der Waals surface area contributed by atoms with E-state index in [1.165, 1.54) is 31.2 Å². The number of para-hydroxylation sites is 1. The van der Waals surface area contributed by atoms with E-state index in [9.17, 15) is 0 Å². The van der Waals surface area contributed by atoms with Crippen LogP contribution in [0.4, 0.5) is 0 Å². The van der Waals surface area contributed by atoms with Crippen molar-refractivity contribution in [3.8, 4) is 17.2 Å². The third kappa shape index (κ3) is 4.73. The van der Waals surface area contributed by atoms with Crippen LogP contribution in [0.3, 0.4) is 0 Å². The fraction of sp³-hybridized carbons (Fsp3) is 0.520. The van der Waals surface area contributed by atoms with Crippen LogP contribution in [-0.2, 0) is 10.2 Å². The van der Waals surface area contributed by atoms with Gasteiger partial charge in [-0.1, -0.05) is 37.1 Å². The Labute approximate surface area is 179 Å². The first-order valence-corrected chi connectivity index (χ1v) is 11.0. The zero-order chi connectivity index (χ0) is 20.8. The van der Waals surface area contributed by atoms with Gasteiger partial charge in [-0.2, -0.15) is 0 Å². The summed E-state index contributed by atoms with van der Waals surface area (Å²) in [5.74, 6) is 2.51. The minimum atomic E-state index is 0.0998. The second-order valence-electron chi connectivity index (χ2n) is 8.41. The molecule has 4 rings (SSSR count). The van der Waals surface area contributed by atoms with E-state index >= 15 is 0 Å². The monoisotopic (exact) mass is 411 g/mol. The van der Waals surface area contributed by atoms with E-state index in [1.54, 1.807) is 14.2 Å². The van der Waals surface area contributed by atoms with Gasteiger partial charge in [0.15, 0.2) is 11.5 Å². The molecule has 2 fully saturated rings. The Kier molecular flexibility index (Phi) is 6.80. The average molecular weight is 412 g/mol. The van der Waals surface area contributed by atoms with E-state index in [1.807, 2.05) is 36.4 Å². The molecule has 1 heterocycles. The van der Waals surface area contributed by atoms with Gasteiger partial charge in [0.1, 0.15) is 18.5 Å². The third-order valence-electron chi connectivity index (χ3n) is 6.48. The molecule has 1 aliphatic heterocycles. The second-order valence-corrected chi connectivity index (χ2v) is 8.41. The molecule has 1 saturated heterocycles. The van der Waals surface area contributed by atoms with Gasteiger partial charge in [-0.3, -0.25) is 4.90 Å². The number of ether oxygens (including phenoxy) is 4. The quantitative estimate of drug-likeness (QED) is 0.648. The molecule has 30 heavy (non-hydrogen) atoms. The lowest BCUT2D eigenvalue weighted by Crippen LogP contribution is -2.49. The summed E-state index contributed by atoms with van der Waals surface area (Å²) in [4.78, 5) is 2.56. The van der Waals surface area contributed by atoms with Gasteiger partial charge < -0.3 is 18.9 Å². The van der Waals surface area contributed by atoms with E-state index in [0.717, 1.165) is 43.5 Å². The van der Waals surface area contributed by atoms with Crippen LogP contribution in [0.1, 0.15) is 31.2 Å². The minimum Gasteiger partial charge on any atom is -0.493 e. The summed E-state index contributed by atoms with van der Waals surface area (Å²) < 4.78 is 23.0. The number of morpholine rings is 1. The molecule has 0 aromatic heterocycles. The normalized spacial score (nSPS) is 21.3. The summed E-state index contributed by atoms with van der Waals surface area (Å²) in [6.45, 7) is 4.27. The molecule has 0 amide bonds.